The van der Waals surface area contributed by atoms with E-state index in [-0.39, 0.29) is 17.3 Å². The van der Waals surface area contributed by atoms with Crippen molar-refractivity contribution < 1.29 is 28.5 Å². The number of nitrogens with zero attached hydrogens (tertiary/aromatic N) is 1. The number of aryl methyl sites for hydroxylation is 1. The number of carbonyl (C=O) groups is 2. The lowest BCUT2D eigenvalue weighted by Crippen LogP contribution is -2.09. The van der Waals surface area contributed by atoms with Gasteiger partial charge in [0.15, 0.2) is 17.2 Å². The van der Waals surface area contributed by atoms with Crippen LogP contribution in [0.3, 0.4) is 0 Å². The van der Waals surface area contributed by atoms with Gasteiger partial charge in [-0.3, -0.25) is 0 Å². The molecule has 0 bridgehead atoms. The minimum atomic E-state index is -0.554. The van der Waals surface area contributed by atoms with E-state index in [9.17, 15) is 9.59 Å². The second-order valence-electron chi connectivity index (χ2n) is 8.23. The first-order valence-electron chi connectivity index (χ1n) is 11.7. The molecule has 0 spiro atoms. The average Bonchev–Trinajstić information content (AvgIpc) is 3.25. The number of carbonyl (C=O) groups excluding carboxylic acids is 2. The molecule has 0 unspecified atom stereocenters. The van der Waals surface area contributed by atoms with Gasteiger partial charge in [-0.25, -0.2) is 14.6 Å². The van der Waals surface area contributed by atoms with E-state index in [1.165, 1.54) is 7.11 Å². The van der Waals surface area contributed by atoms with E-state index in [1.54, 1.807) is 54.6 Å². The Balaban J connectivity index is 1.49. The summed E-state index contributed by atoms with van der Waals surface area (Å²) in [7, 11) is 1.48. The van der Waals surface area contributed by atoms with Gasteiger partial charge in [0, 0.05) is 5.56 Å². The molecule has 36 heavy (non-hydrogen) atoms. The molecular formula is C29H27NO6. The van der Waals surface area contributed by atoms with Crippen molar-refractivity contribution in [3.8, 4) is 17.2 Å². The van der Waals surface area contributed by atoms with Gasteiger partial charge in [-0.15, -0.1) is 0 Å². The number of hydrogen-bond acceptors (Lipinski definition) is 7. The molecule has 0 saturated carbocycles. The molecular weight excluding hydrogens is 458 g/mol. The Bertz CT molecular complexity index is 1320. The van der Waals surface area contributed by atoms with E-state index >= 15 is 0 Å². The van der Waals surface area contributed by atoms with Gasteiger partial charge >= 0.3 is 11.9 Å². The van der Waals surface area contributed by atoms with Crippen molar-refractivity contribution in [3.63, 3.8) is 0 Å². The Hall–Kier alpha value is -4.39. The normalized spacial score (nSPS) is 13.8. The number of esters is 2. The van der Waals surface area contributed by atoms with Crippen molar-refractivity contribution in [2.45, 2.75) is 26.7 Å². The predicted molar refractivity (Wildman–Crippen MR) is 137 cm³/mol. The lowest BCUT2D eigenvalue weighted by Gasteiger charge is -2.10. The molecule has 7 heteroatoms. The largest absolute Gasteiger partial charge is 0.494 e. The van der Waals surface area contributed by atoms with Crippen molar-refractivity contribution in [1.82, 2.24) is 0 Å². The monoisotopic (exact) mass is 485 g/mol. The smallest absolute Gasteiger partial charge is 0.363 e. The first-order valence-corrected chi connectivity index (χ1v) is 11.7. The van der Waals surface area contributed by atoms with Gasteiger partial charge in [0.1, 0.15) is 5.75 Å². The van der Waals surface area contributed by atoms with E-state index in [0.717, 1.165) is 24.2 Å². The molecule has 0 amide bonds. The van der Waals surface area contributed by atoms with Gasteiger partial charge in [-0.2, -0.15) is 0 Å². The van der Waals surface area contributed by atoms with Crippen LogP contribution in [0.1, 0.15) is 46.8 Å². The maximum atomic E-state index is 12.5. The predicted octanol–water partition coefficient (Wildman–Crippen LogP) is 5.75. The van der Waals surface area contributed by atoms with Crippen LogP contribution < -0.4 is 14.2 Å². The Morgan fingerprint density at radius 2 is 1.83 bits per heavy atom. The van der Waals surface area contributed by atoms with Crippen molar-refractivity contribution in [2.24, 2.45) is 4.99 Å². The fraction of sp³-hybridized carbons (Fsp3) is 0.207. The number of ether oxygens (including phenoxy) is 4. The molecule has 1 aliphatic rings. The maximum Gasteiger partial charge on any atom is 0.363 e. The van der Waals surface area contributed by atoms with Gasteiger partial charge in [-0.1, -0.05) is 37.1 Å². The molecule has 4 rings (SSSR count). The summed E-state index contributed by atoms with van der Waals surface area (Å²) in [5.41, 5.74) is 2.86. The first-order chi connectivity index (χ1) is 17.5. The molecule has 0 aromatic heterocycles. The SMILES string of the molecule is CCCCOc1ccc(C2=N/C(=C\c3ccc(OC(=O)c4cccc(C)c4)c(OC)c3)C(=O)O2)cc1. The second-order valence-corrected chi connectivity index (χ2v) is 8.23. The van der Waals surface area contributed by atoms with Crippen LogP contribution in [0.15, 0.2) is 77.4 Å². The minimum absolute atomic E-state index is 0.153. The van der Waals surface area contributed by atoms with E-state index < -0.39 is 11.9 Å². The highest BCUT2D eigenvalue weighted by Gasteiger charge is 2.24. The van der Waals surface area contributed by atoms with Crippen LogP contribution in [-0.2, 0) is 9.53 Å². The number of unbranched alkanes of at least 4 members (excludes halogenated alkanes) is 1. The minimum Gasteiger partial charge on any atom is -0.494 e. The summed E-state index contributed by atoms with van der Waals surface area (Å²) in [6.07, 6.45) is 3.64. The molecule has 0 radical (unpaired) electrons. The zero-order chi connectivity index (χ0) is 25.5. The topological polar surface area (TPSA) is 83.4 Å². The molecule has 3 aromatic rings. The molecule has 0 atom stereocenters. The lowest BCUT2D eigenvalue weighted by molar-refractivity contribution is -0.129. The summed E-state index contributed by atoms with van der Waals surface area (Å²) < 4.78 is 22.0. The molecule has 0 aliphatic carbocycles. The standard InChI is InChI=1S/C29H27NO6/c1-4-5-15-34-23-12-10-21(11-13-23)27-30-24(29(32)36-27)17-20-9-14-25(26(18-20)33-3)35-28(31)22-8-6-7-19(2)16-22/h6-14,16-18H,4-5,15H2,1-3H3/b24-17-. The van der Waals surface area contributed by atoms with Gasteiger partial charge in [0.05, 0.1) is 19.3 Å². The highest BCUT2D eigenvalue weighted by atomic mass is 16.6. The molecule has 0 N–H and O–H groups in total. The third-order valence-electron chi connectivity index (χ3n) is 5.44. The number of methoxy groups -OCH3 is 1. The van der Waals surface area contributed by atoms with Crippen LogP contribution in [0.25, 0.3) is 6.08 Å². The van der Waals surface area contributed by atoms with Gasteiger partial charge in [0.25, 0.3) is 0 Å². The van der Waals surface area contributed by atoms with E-state index in [2.05, 4.69) is 11.9 Å². The fourth-order valence-corrected chi connectivity index (χ4v) is 3.51. The summed E-state index contributed by atoms with van der Waals surface area (Å²) in [6, 6.07) is 19.4. The molecule has 1 heterocycles. The molecule has 7 nitrogen and oxygen atoms in total. The zero-order valence-electron chi connectivity index (χ0n) is 20.4. The van der Waals surface area contributed by atoms with Crippen molar-refractivity contribution in [3.05, 3.63) is 94.7 Å². The third kappa shape index (κ3) is 5.99. The third-order valence-corrected chi connectivity index (χ3v) is 5.44. The van der Waals surface area contributed by atoms with E-state index in [0.29, 0.717) is 29.0 Å². The van der Waals surface area contributed by atoms with Gasteiger partial charge in [-0.05, 0) is 73.5 Å². The highest BCUT2D eigenvalue weighted by Crippen LogP contribution is 2.30. The number of cyclic esters (lactones) is 1. The lowest BCUT2D eigenvalue weighted by atomic mass is 10.1. The first kappa shape index (κ1) is 24.7. The van der Waals surface area contributed by atoms with Crippen molar-refractivity contribution >= 4 is 23.9 Å². The maximum absolute atomic E-state index is 12.5. The van der Waals surface area contributed by atoms with Crippen LogP contribution >= 0.6 is 0 Å². The van der Waals surface area contributed by atoms with Crippen molar-refractivity contribution in [1.29, 1.82) is 0 Å². The number of aliphatic imine (C=N–C) groups is 1. The molecule has 0 fully saturated rings. The van der Waals surface area contributed by atoms with Crippen LogP contribution in [0.5, 0.6) is 17.2 Å². The number of rotatable bonds is 9. The average molecular weight is 486 g/mol. The molecule has 1 aliphatic heterocycles. The van der Waals surface area contributed by atoms with Crippen LogP contribution in [0, 0.1) is 6.92 Å². The van der Waals surface area contributed by atoms with Crippen LogP contribution in [0.2, 0.25) is 0 Å². The van der Waals surface area contributed by atoms with E-state index in [4.69, 9.17) is 18.9 Å². The summed E-state index contributed by atoms with van der Waals surface area (Å²) in [6.45, 7) is 4.67. The van der Waals surface area contributed by atoms with Crippen molar-refractivity contribution in [2.75, 3.05) is 13.7 Å². The number of hydrogen-bond donors (Lipinski definition) is 0. The Morgan fingerprint density at radius 1 is 1.03 bits per heavy atom. The molecule has 0 saturated heterocycles. The Labute approximate surface area is 210 Å². The summed E-state index contributed by atoms with van der Waals surface area (Å²) in [5, 5.41) is 0. The Kier molecular flexibility index (Phi) is 7.80. The number of benzene rings is 3. The quantitative estimate of drug-likeness (QED) is 0.166. The second kappa shape index (κ2) is 11.4. The summed E-state index contributed by atoms with van der Waals surface area (Å²) in [4.78, 5) is 29.3. The Morgan fingerprint density at radius 3 is 2.56 bits per heavy atom. The molecule has 3 aromatic carbocycles. The van der Waals surface area contributed by atoms with Gasteiger partial charge in [0.2, 0.25) is 5.90 Å². The summed E-state index contributed by atoms with van der Waals surface area (Å²) in [5.74, 6) is 0.552. The summed E-state index contributed by atoms with van der Waals surface area (Å²) >= 11 is 0. The fourth-order valence-electron chi connectivity index (χ4n) is 3.51. The van der Waals surface area contributed by atoms with E-state index in [1.807, 2.05) is 25.1 Å². The van der Waals surface area contributed by atoms with Gasteiger partial charge < -0.3 is 18.9 Å². The van der Waals surface area contributed by atoms with Crippen LogP contribution in [0.4, 0.5) is 0 Å². The van der Waals surface area contributed by atoms with Crippen LogP contribution in [-0.4, -0.2) is 31.6 Å². The highest BCUT2D eigenvalue weighted by molar-refractivity contribution is 6.12. The zero-order valence-corrected chi connectivity index (χ0v) is 20.4. The molecule has 184 valence electrons.